The molecule has 2 N–H and O–H groups in total. The van der Waals surface area contributed by atoms with Crippen molar-refractivity contribution in [2.75, 3.05) is 6.54 Å². The molecule has 0 fully saturated rings. The van der Waals surface area contributed by atoms with Gasteiger partial charge in [-0.25, -0.2) is 0 Å². The van der Waals surface area contributed by atoms with Crippen molar-refractivity contribution in [3.8, 4) is 11.1 Å². The summed E-state index contributed by atoms with van der Waals surface area (Å²) in [4.78, 5) is 0. The highest BCUT2D eigenvalue weighted by atomic mass is 16.3. The number of nitrogens with one attached hydrogen (secondary N) is 1. The van der Waals surface area contributed by atoms with Gasteiger partial charge in [-0.05, 0) is 58.2 Å². The van der Waals surface area contributed by atoms with Crippen molar-refractivity contribution in [1.82, 2.24) is 5.32 Å². The molecule has 1 aliphatic carbocycles. The minimum atomic E-state index is -0.764. The van der Waals surface area contributed by atoms with Gasteiger partial charge in [0, 0.05) is 12.0 Å². The van der Waals surface area contributed by atoms with E-state index in [2.05, 4.69) is 152 Å². The van der Waals surface area contributed by atoms with Crippen LogP contribution in [0.25, 0.3) is 11.1 Å². The van der Waals surface area contributed by atoms with Crippen molar-refractivity contribution < 1.29 is 5.11 Å². The van der Waals surface area contributed by atoms with E-state index in [1.165, 1.54) is 38.9 Å². The lowest BCUT2D eigenvalue weighted by Gasteiger charge is -2.40. The molecule has 0 aromatic heterocycles. The van der Waals surface area contributed by atoms with Crippen molar-refractivity contribution >= 4 is 0 Å². The van der Waals surface area contributed by atoms with Crippen LogP contribution in [0.1, 0.15) is 47.6 Å². The van der Waals surface area contributed by atoms with Crippen molar-refractivity contribution in [1.29, 1.82) is 0 Å². The largest absolute Gasteiger partial charge is 0.377 e. The van der Waals surface area contributed by atoms with Crippen molar-refractivity contribution in [2.24, 2.45) is 0 Å². The van der Waals surface area contributed by atoms with Gasteiger partial charge in [0.05, 0.1) is 5.41 Å². The Morgan fingerprint density at radius 2 is 1.07 bits per heavy atom. The Bertz CT molecular complexity index is 1460. The Kier molecular flexibility index (Phi) is 7.38. The van der Waals surface area contributed by atoms with Gasteiger partial charge in [0.2, 0.25) is 0 Å². The van der Waals surface area contributed by atoms with Gasteiger partial charge in [-0.2, -0.15) is 0 Å². The van der Waals surface area contributed by atoms with Crippen LogP contribution in [0, 0.1) is 0 Å². The predicted molar refractivity (Wildman–Crippen MR) is 165 cm³/mol. The smallest absolute Gasteiger partial charge is 0.118 e. The van der Waals surface area contributed by atoms with Gasteiger partial charge in [-0.15, -0.1) is 0 Å². The quantitative estimate of drug-likeness (QED) is 0.182. The molecule has 5 aromatic carbocycles. The summed E-state index contributed by atoms with van der Waals surface area (Å²) in [7, 11) is 0. The minimum absolute atomic E-state index is 0.313. The molecule has 0 aliphatic heterocycles. The van der Waals surface area contributed by atoms with Crippen molar-refractivity contribution in [2.45, 2.75) is 43.2 Å². The molecular formula is C38H37NO. The number of rotatable bonds is 10. The lowest BCUT2D eigenvalue weighted by molar-refractivity contribution is 0.0614. The highest BCUT2D eigenvalue weighted by Crippen LogP contribution is 2.53. The molecule has 0 saturated heterocycles. The standard InChI is InChI=1S/C38H37NO/c1-37(30-19-7-3-8-20-30,31-21-9-4-10-22-31)28-39-36(40)38(27-15-18-29-16-5-2-6-17-29)34-25-13-11-23-32(34)33-24-12-14-26-35(33)38/h2-14,16-17,19-26,36,39-40H,15,18,27-28H2,1H3. The first kappa shape index (κ1) is 26.3. The van der Waals surface area contributed by atoms with Crippen LogP contribution < -0.4 is 5.32 Å². The second-order valence-electron chi connectivity index (χ2n) is 11.2. The molecule has 0 spiro atoms. The lowest BCUT2D eigenvalue weighted by Crippen LogP contribution is -2.52. The van der Waals surface area contributed by atoms with Crippen LogP contribution in [-0.4, -0.2) is 17.9 Å². The minimum Gasteiger partial charge on any atom is -0.377 e. The Balaban J connectivity index is 1.38. The molecule has 6 rings (SSSR count). The molecule has 0 saturated carbocycles. The first-order valence-electron chi connectivity index (χ1n) is 14.4. The van der Waals surface area contributed by atoms with Gasteiger partial charge < -0.3 is 5.11 Å². The molecule has 0 bridgehead atoms. The zero-order valence-electron chi connectivity index (χ0n) is 23.1. The lowest BCUT2D eigenvalue weighted by atomic mass is 9.71. The SMILES string of the molecule is CC(CNC(O)C1(CCCc2ccccc2)c2ccccc2-c2ccccc21)(c1ccccc1)c1ccccc1. The van der Waals surface area contributed by atoms with Gasteiger partial charge in [-0.1, -0.05) is 146 Å². The fraction of sp³-hybridized carbons (Fsp3) is 0.211. The van der Waals surface area contributed by atoms with E-state index >= 15 is 0 Å². The summed E-state index contributed by atoms with van der Waals surface area (Å²) >= 11 is 0. The highest BCUT2D eigenvalue weighted by Gasteiger charge is 2.48. The number of aliphatic hydroxyl groups is 1. The zero-order valence-corrected chi connectivity index (χ0v) is 23.1. The summed E-state index contributed by atoms with van der Waals surface area (Å²) in [6.07, 6.45) is 2.03. The number of benzene rings is 5. The van der Waals surface area contributed by atoms with Crippen LogP contribution in [0.2, 0.25) is 0 Å². The zero-order chi connectivity index (χ0) is 27.4. The fourth-order valence-corrected chi connectivity index (χ4v) is 6.73. The topological polar surface area (TPSA) is 32.3 Å². The number of aliphatic hydroxyl groups excluding tert-OH is 1. The summed E-state index contributed by atoms with van der Waals surface area (Å²) in [5.41, 5.74) is 7.82. The molecule has 1 aliphatic rings. The molecule has 0 radical (unpaired) electrons. The second-order valence-corrected chi connectivity index (χ2v) is 11.2. The van der Waals surface area contributed by atoms with Crippen LogP contribution in [0.3, 0.4) is 0 Å². The molecule has 0 amide bonds. The Morgan fingerprint density at radius 3 is 1.60 bits per heavy atom. The van der Waals surface area contributed by atoms with E-state index in [9.17, 15) is 5.11 Å². The summed E-state index contributed by atoms with van der Waals surface area (Å²) in [6.45, 7) is 2.88. The van der Waals surface area contributed by atoms with Crippen molar-refractivity contribution in [3.05, 3.63) is 167 Å². The molecule has 200 valence electrons. The Hall–Kier alpha value is -3.98. The molecule has 0 heterocycles. The van der Waals surface area contributed by atoms with Crippen LogP contribution in [0.4, 0.5) is 0 Å². The monoisotopic (exact) mass is 523 g/mol. The third-order valence-corrected chi connectivity index (χ3v) is 8.92. The van der Waals surface area contributed by atoms with E-state index in [-0.39, 0.29) is 5.41 Å². The van der Waals surface area contributed by atoms with Crippen LogP contribution in [0.5, 0.6) is 0 Å². The number of hydrogen-bond donors (Lipinski definition) is 2. The van der Waals surface area contributed by atoms with E-state index < -0.39 is 11.6 Å². The molecule has 1 unspecified atom stereocenters. The van der Waals surface area contributed by atoms with Crippen molar-refractivity contribution in [3.63, 3.8) is 0 Å². The van der Waals surface area contributed by atoms with Gasteiger partial charge >= 0.3 is 0 Å². The summed E-state index contributed by atoms with van der Waals surface area (Å²) in [5, 5.41) is 16.0. The summed E-state index contributed by atoms with van der Waals surface area (Å²) < 4.78 is 0. The van der Waals surface area contributed by atoms with Gasteiger partial charge in [0.25, 0.3) is 0 Å². The van der Waals surface area contributed by atoms with E-state index in [4.69, 9.17) is 0 Å². The maximum absolute atomic E-state index is 12.3. The summed E-state index contributed by atoms with van der Waals surface area (Å²) in [6, 6.07) is 49.3. The number of aryl methyl sites for hydroxylation is 1. The van der Waals surface area contributed by atoms with E-state index in [0.717, 1.165) is 19.3 Å². The first-order valence-corrected chi connectivity index (χ1v) is 14.4. The maximum atomic E-state index is 12.3. The fourth-order valence-electron chi connectivity index (χ4n) is 6.73. The van der Waals surface area contributed by atoms with Gasteiger partial charge in [-0.3, -0.25) is 5.32 Å². The molecule has 5 aromatic rings. The van der Waals surface area contributed by atoms with Crippen LogP contribution in [-0.2, 0) is 17.3 Å². The maximum Gasteiger partial charge on any atom is 0.118 e. The number of hydrogen-bond acceptors (Lipinski definition) is 2. The third kappa shape index (κ3) is 4.68. The molecular weight excluding hydrogens is 486 g/mol. The molecule has 2 nitrogen and oxygen atoms in total. The predicted octanol–water partition coefficient (Wildman–Crippen LogP) is 7.89. The van der Waals surface area contributed by atoms with E-state index in [0.29, 0.717) is 6.54 Å². The second kappa shape index (κ2) is 11.3. The van der Waals surface area contributed by atoms with Crippen LogP contribution >= 0.6 is 0 Å². The molecule has 2 heteroatoms. The number of fused-ring (bicyclic) bond motifs is 3. The summed E-state index contributed by atoms with van der Waals surface area (Å²) in [5.74, 6) is 0. The Morgan fingerprint density at radius 1 is 0.625 bits per heavy atom. The highest BCUT2D eigenvalue weighted by molar-refractivity contribution is 5.81. The van der Waals surface area contributed by atoms with Crippen LogP contribution in [0.15, 0.2) is 140 Å². The average molecular weight is 524 g/mol. The average Bonchev–Trinajstić information content (AvgIpc) is 3.32. The van der Waals surface area contributed by atoms with E-state index in [1.807, 2.05) is 0 Å². The first-order chi connectivity index (χ1) is 19.6. The normalized spacial score (nSPS) is 14.3. The third-order valence-electron chi connectivity index (χ3n) is 8.92. The van der Waals surface area contributed by atoms with Gasteiger partial charge in [0.15, 0.2) is 0 Å². The molecule has 1 atom stereocenters. The molecule has 40 heavy (non-hydrogen) atoms. The van der Waals surface area contributed by atoms with E-state index in [1.54, 1.807) is 0 Å². The van der Waals surface area contributed by atoms with Gasteiger partial charge in [0.1, 0.15) is 6.23 Å². The Labute approximate surface area is 238 Å².